The van der Waals surface area contributed by atoms with Gasteiger partial charge in [0.25, 0.3) is 0 Å². The zero-order chi connectivity index (χ0) is 14.1. The largest absolute Gasteiger partial charge is 0.395 e. The number of aromatic nitrogens is 2. The van der Waals surface area contributed by atoms with Gasteiger partial charge in [0, 0.05) is 12.6 Å². The van der Waals surface area contributed by atoms with Crippen LogP contribution in [0.15, 0.2) is 30.6 Å². The second kappa shape index (κ2) is 5.25. The molecular formula is C15H19N3O2. The monoisotopic (exact) mass is 273 g/mol. The fourth-order valence-corrected chi connectivity index (χ4v) is 2.61. The molecule has 1 aromatic carbocycles. The van der Waals surface area contributed by atoms with Crippen LogP contribution in [0.5, 0.6) is 0 Å². The first-order valence-electron chi connectivity index (χ1n) is 7.05. The first kappa shape index (κ1) is 13.1. The van der Waals surface area contributed by atoms with E-state index in [0.717, 1.165) is 23.9 Å². The van der Waals surface area contributed by atoms with Crippen LogP contribution in [0.4, 0.5) is 0 Å². The number of aliphatic hydroxyl groups excluding tert-OH is 1. The summed E-state index contributed by atoms with van der Waals surface area (Å²) in [6, 6.07) is 7.81. The van der Waals surface area contributed by atoms with Gasteiger partial charge in [0.1, 0.15) is 6.04 Å². The third-order valence-corrected chi connectivity index (χ3v) is 3.87. The van der Waals surface area contributed by atoms with Gasteiger partial charge in [-0.1, -0.05) is 12.1 Å². The van der Waals surface area contributed by atoms with E-state index in [4.69, 9.17) is 5.11 Å². The maximum Gasteiger partial charge on any atom is 0.245 e. The van der Waals surface area contributed by atoms with Crippen molar-refractivity contribution >= 4 is 16.9 Å². The fraction of sp³-hybridized carbons (Fsp3) is 0.467. The molecule has 0 bridgehead atoms. The SMILES string of the molecule is CC(C(=O)N(CCO)C1CC1)n1cnc2ccccc21. The number of benzene rings is 1. The van der Waals surface area contributed by atoms with E-state index in [1.54, 1.807) is 11.2 Å². The van der Waals surface area contributed by atoms with Crippen LogP contribution in [0.3, 0.4) is 0 Å². The molecule has 5 nitrogen and oxygen atoms in total. The van der Waals surface area contributed by atoms with Crippen molar-refractivity contribution in [1.82, 2.24) is 14.5 Å². The maximum atomic E-state index is 12.6. The molecule has 0 radical (unpaired) electrons. The molecule has 5 heteroatoms. The zero-order valence-corrected chi connectivity index (χ0v) is 11.6. The van der Waals surface area contributed by atoms with Crippen molar-refractivity contribution in [2.75, 3.05) is 13.2 Å². The van der Waals surface area contributed by atoms with Crippen molar-refractivity contribution in [3.63, 3.8) is 0 Å². The second-order valence-electron chi connectivity index (χ2n) is 5.30. The zero-order valence-electron chi connectivity index (χ0n) is 11.6. The molecule has 2 aromatic rings. The molecule has 3 rings (SSSR count). The van der Waals surface area contributed by atoms with Crippen LogP contribution < -0.4 is 0 Å². The summed E-state index contributed by atoms with van der Waals surface area (Å²) in [5.41, 5.74) is 1.86. The average Bonchev–Trinajstić information content (AvgIpc) is 3.22. The first-order chi connectivity index (χ1) is 9.72. The highest BCUT2D eigenvalue weighted by Crippen LogP contribution is 2.29. The number of nitrogens with zero attached hydrogens (tertiary/aromatic N) is 3. The van der Waals surface area contributed by atoms with Gasteiger partial charge in [-0.2, -0.15) is 0 Å². The fourth-order valence-electron chi connectivity index (χ4n) is 2.61. The summed E-state index contributed by atoms with van der Waals surface area (Å²) in [6.45, 7) is 2.32. The topological polar surface area (TPSA) is 58.4 Å². The Balaban J connectivity index is 1.87. The van der Waals surface area contributed by atoms with Gasteiger partial charge in [-0.15, -0.1) is 0 Å². The third kappa shape index (κ3) is 2.29. The number of carbonyl (C=O) groups excluding carboxylic acids is 1. The molecule has 106 valence electrons. The number of fused-ring (bicyclic) bond motifs is 1. The highest BCUT2D eigenvalue weighted by Gasteiger charge is 2.34. The Morgan fingerprint density at radius 3 is 2.95 bits per heavy atom. The summed E-state index contributed by atoms with van der Waals surface area (Å²) in [5.74, 6) is 0.0599. The Labute approximate surface area is 117 Å². The first-order valence-corrected chi connectivity index (χ1v) is 7.05. The molecule has 1 amide bonds. The van der Waals surface area contributed by atoms with Gasteiger partial charge >= 0.3 is 0 Å². The molecular weight excluding hydrogens is 254 g/mol. The predicted molar refractivity (Wildman–Crippen MR) is 76.3 cm³/mol. The highest BCUT2D eigenvalue weighted by molar-refractivity contribution is 5.84. The van der Waals surface area contributed by atoms with Crippen molar-refractivity contribution in [3.8, 4) is 0 Å². The number of para-hydroxylation sites is 2. The molecule has 0 spiro atoms. The second-order valence-corrected chi connectivity index (χ2v) is 5.30. The third-order valence-electron chi connectivity index (χ3n) is 3.87. The Kier molecular flexibility index (Phi) is 3.44. The van der Waals surface area contributed by atoms with Gasteiger partial charge < -0.3 is 14.6 Å². The molecule has 1 aliphatic rings. The lowest BCUT2D eigenvalue weighted by Gasteiger charge is -2.25. The van der Waals surface area contributed by atoms with E-state index in [1.807, 2.05) is 35.8 Å². The number of rotatable bonds is 5. The van der Waals surface area contributed by atoms with Crippen LogP contribution in [0, 0.1) is 0 Å². The summed E-state index contributed by atoms with van der Waals surface area (Å²) in [6.07, 6.45) is 3.81. The molecule has 1 N–H and O–H groups in total. The van der Waals surface area contributed by atoms with Crippen LogP contribution in [0.1, 0.15) is 25.8 Å². The minimum absolute atomic E-state index is 0.0135. The van der Waals surface area contributed by atoms with E-state index in [2.05, 4.69) is 4.98 Å². The van der Waals surface area contributed by atoms with Crippen molar-refractivity contribution < 1.29 is 9.90 Å². The molecule has 0 saturated heterocycles. The maximum absolute atomic E-state index is 12.6. The van der Waals surface area contributed by atoms with E-state index >= 15 is 0 Å². The molecule has 20 heavy (non-hydrogen) atoms. The summed E-state index contributed by atoms with van der Waals surface area (Å²) >= 11 is 0. The van der Waals surface area contributed by atoms with Crippen LogP contribution in [-0.4, -0.2) is 44.7 Å². The Hall–Kier alpha value is -1.88. The average molecular weight is 273 g/mol. The number of carbonyl (C=O) groups is 1. The number of hydrogen-bond donors (Lipinski definition) is 1. The quantitative estimate of drug-likeness (QED) is 0.900. The Morgan fingerprint density at radius 2 is 2.25 bits per heavy atom. The molecule has 1 aromatic heterocycles. The number of amides is 1. The summed E-state index contributed by atoms with van der Waals surface area (Å²) in [7, 11) is 0. The lowest BCUT2D eigenvalue weighted by Crippen LogP contribution is -2.39. The number of hydrogen-bond acceptors (Lipinski definition) is 3. The molecule has 1 heterocycles. The van der Waals surface area contributed by atoms with Gasteiger partial charge in [-0.05, 0) is 31.9 Å². The van der Waals surface area contributed by atoms with E-state index in [1.165, 1.54) is 0 Å². The lowest BCUT2D eigenvalue weighted by molar-refractivity contribution is -0.135. The van der Waals surface area contributed by atoms with Crippen molar-refractivity contribution in [2.24, 2.45) is 0 Å². The summed E-state index contributed by atoms with van der Waals surface area (Å²) < 4.78 is 1.91. The summed E-state index contributed by atoms with van der Waals surface area (Å²) in [4.78, 5) is 18.8. The van der Waals surface area contributed by atoms with E-state index in [-0.39, 0.29) is 18.6 Å². The van der Waals surface area contributed by atoms with Gasteiger partial charge in [0.2, 0.25) is 5.91 Å². The number of imidazole rings is 1. The van der Waals surface area contributed by atoms with Crippen LogP contribution in [0.25, 0.3) is 11.0 Å². The predicted octanol–water partition coefficient (Wildman–Crippen LogP) is 1.58. The van der Waals surface area contributed by atoms with Gasteiger partial charge in [0.05, 0.1) is 24.0 Å². The lowest BCUT2D eigenvalue weighted by atomic mass is 10.2. The van der Waals surface area contributed by atoms with Gasteiger partial charge in [-0.25, -0.2) is 4.98 Å². The molecule has 1 atom stereocenters. The van der Waals surface area contributed by atoms with Crippen LogP contribution >= 0.6 is 0 Å². The smallest absolute Gasteiger partial charge is 0.245 e. The Morgan fingerprint density at radius 1 is 1.50 bits per heavy atom. The molecule has 1 fully saturated rings. The Bertz CT molecular complexity index is 618. The van der Waals surface area contributed by atoms with Gasteiger partial charge in [-0.3, -0.25) is 4.79 Å². The van der Waals surface area contributed by atoms with Crippen molar-refractivity contribution in [3.05, 3.63) is 30.6 Å². The molecule has 1 aliphatic carbocycles. The summed E-state index contributed by atoms with van der Waals surface area (Å²) in [5, 5.41) is 9.13. The minimum atomic E-state index is -0.297. The molecule has 0 aliphatic heterocycles. The van der Waals surface area contributed by atoms with E-state index < -0.39 is 0 Å². The minimum Gasteiger partial charge on any atom is -0.395 e. The standard InChI is InChI=1S/C15H19N3O2/c1-11(15(20)17(8-9-19)12-6-7-12)18-10-16-13-4-2-3-5-14(13)18/h2-5,10-12,19H,6-9H2,1H3. The highest BCUT2D eigenvalue weighted by atomic mass is 16.3. The molecule has 1 unspecified atom stereocenters. The molecule has 1 saturated carbocycles. The van der Waals surface area contributed by atoms with Crippen molar-refractivity contribution in [2.45, 2.75) is 31.8 Å². The van der Waals surface area contributed by atoms with Crippen LogP contribution in [0.2, 0.25) is 0 Å². The van der Waals surface area contributed by atoms with E-state index in [9.17, 15) is 4.79 Å². The van der Waals surface area contributed by atoms with Crippen molar-refractivity contribution in [1.29, 1.82) is 0 Å². The normalized spacial score (nSPS) is 16.3. The van der Waals surface area contributed by atoms with E-state index in [0.29, 0.717) is 12.6 Å². The number of aliphatic hydroxyl groups is 1. The van der Waals surface area contributed by atoms with Crippen LogP contribution in [-0.2, 0) is 4.79 Å². The van der Waals surface area contributed by atoms with Gasteiger partial charge in [0.15, 0.2) is 0 Å².